The van der Waals surface area contributed by atoms with E-state index in [1.54, 1.807) is 18.0 Å². The van der Waals surface area contributed by atoms with Crippen molar-refractivity contribution >= 4 is 34.8 Å². The molecule has 15 heteroatoms. The first-order valence-electron chi connectivity index (χ1n) is 20.1. The highest BCUT2D eigenvalue weighted by Gasteiger charge is 2.39. The van der Waals surface area contributed by atoms with Crippen LogP contribution in [0.1, 0.15) is 70.2 Å². The molecule has 0 spiro atoms. The predicted molar refractivity (Wildman–Crippen MR) is 222 cm³/mol. The van der Waals surface area contributed by atoms with Crippen LogP contribution in [0.3, 0.4) is 0 Å². The van der Waals surface area contributed by atoms with E-state index in [1.165, 1.54) is 21.3 Å². The highest BCUT2D eigenvalue weighted by Crippen LogP contribution is 2.35. The third-order valence-corrected chi connectivity index (χ3v) is 11.5. The molecule has 0 saturated carbocycles. The van der Waals surface area contributed by atoms with Crippen molar-refractivity contribution in [2.24, 2.45) is 5.92 Å². The van der Waals surface area contributed by atoms with Crippen LogP contribution in [0.5, 0.6) is 0 Å². The topological polar surface area (TPSA) is 184 Å². The van der Waals surface area contributed by atoms with Crippen LogP contribution >= 0.6 is 0 Å². The predicted octanol–water partition coefficient (Wildman–Crippen LogP) is 6.75. The first kappa shape index (κ1) is 41.0. The summed E-state index contributed by atoms with van der Waals surface area (Å²) >= 11 is 0. The highest BCUT2D eigenvalue weighted by molar-refractivity contribution is 5.91. The van der Waals surface area contributed by atoms with Crippen molar-refractivity contribution in [2.45, 2.75) is 76.7 Å². The van der Waals surface area contributed by atoms with Gasteiger partial charge in [0.1, 0.15) is 23.7 Å². The van der Waals surface area contributed by atoms with Crippen LogP contribution in [0, 0.1) is 5.92 Å². The number of hydrogen-bond donors (Lipinski definition) is 4. The Hall–Kier alpha value is -6.22. The van der Waals surface area contributed by atoms with Gasteiger partial charge in [-0.15, -0.1) is 0 Å². The maximum absolute atomic E-state index is 13.6. The number of hydrogen-bond acceptors (Lipinski definition) is 9. The Morgan fingerprint density at radius 1 is 0.644 bits per heavy atom. The molecule has 2 aliphatic heterocycles. The molecule has 2 fully saturated rings. The first-order valence-corrected chi connectivity index (χ1v) is 20.1. The number of benzene rings is 3. The average Bonchev–Trinajstić information content (AvgIpc) is 4.10. The zero-order valence-electron chi connectivity index (χ0n) is 34.3. The minimum atomic E-state index is -0.895. The van der Waals surface area contributed by atoms with Crippen LogP contribution < -0.4 is 10.6 Å². The van der Waals surface area contributed by atoms with Crippen molar-refractivity contribution in [2.75, 3.05) is 34.4 Å². The van der Waals surface area contributed by atoms with E-state index in [0.29, 0.717) is 18.9 Å². The van der Waals surface area contributed by atoms with Gasteiger partial charge in [-0.25, -0.2) is 19.6 Å². The molecule has 15 nitrogen and oxygen atoms in total. The lowest BCUT2D eigenvalue weighted by atomic mass is 9.98. The Morgan fingerprint density at radius 3 is 1.63 bits per heavy atom. The maximum Gasteiger partial charge on any atom is 0.407 e. The molecular formula is C44H52N8O7. The van der Waals surface area contributed by atoms with Crippen LogP contribution in [0.15, 0.2) is 73.1 Å². The lowest BCUT2D eigenvalue weighted by Gasteiger charge is -2.30. The highest BCUT2D eigenvalue weighted by atomic mass is 16.5. The molecule has 0 radical (unpaired) electrons. The van der Waals surface area contributed by atoms with E-state index >= 15 is 0 Å². The molecule has 2 aromatic heterocycles. The number of nitrogens with zero attached hydrogens (tertiary/aromatic N) is 4. The SMILES string of the molecule is COC(=O)NC(C(=O)N1CCC[C@H]1c1ncc(-c2ccc3cc(-c4ccc(-c5cnc([C@@H]6CCCN6C(=O)[C@@H](NC(=O)OC)[C@H](C)OC)[nH]5)cc4)ccc3c2)[nH]1)C(C)C. The summed E-state index contributed by atoms with van der Waals surface area (Å²) in [5, 5.41) is 7.50. The summed E-state index contributed by atoms with van der Waals surface area (Å²) < 4.78 is 14.9. The molecule has 0 bridgehead atoms. The fraction of sp³-hybridized carbons (Fsp3) is 0.409. The van der Waals surface area contributed by atoms with Crippen molar-refractivity contribution in [3.8, 4) is 33.6 Å². The minimum Gasteiger partial charge on any atom is -0.453 e. The van der Waals surface area contributed by atoms with E-state index in [0.717, 1.165) is 75.9 Å². The summed E-state index contributed by atoms with van der Waals surface area (Å²) in [5.41, 5.74) is 5.81. The summed E-state index contributed by atoms with van der Waals surface area (Å²) in [6.07, 6.45) is 4.92. The van der Waals surface area contributed by atoms with Gasteiger partial charge in [-0.3, -0.25) is 9.59 Å². The van der Waals surface area contributed by atoms with Crippen molar-refractivity contribution in [3.05, 3.63) is 84.7 Å². The number of imidazole rings is 2. The standard InChI is InChI=1S/C44H52N8O7/c1-25(2)37(49-43(55)58-5)41(53)51-19-7-9-35(51)40-46-24-34(48-40)32-18-17-30-21-29(15-16-31(30)22-32)27-11-13-28(14-12-27)33-23-45-39(47-33)36-10-8-20-52(36)42(54)38(26(3)57-4)50-44(56)59-6/h11-18,21-26,35-38H,7-10,19-20H2,1-6H3,(H,45,47)(H,46,48)(H,49,55)(H,50,56)/t26-,35-,36-,37?,38-/m0/s1. The van der Waals surface area contributed by atoms with E-state index in [-0.39, 0.29) is 29.8 Å². The second kappa shape index (κ2) is 17.7. The van der Waals surface area contributed by atoms with Gasteiger partial charge in [0.15, 0.2) is 0 Å². The van der Waals surface area contributed by atoms with E-state index in [9.17, 15) is 19.2 Å². The van der Waals surface area contributed by atoms with Crippen LogP contribution in [-0.2, 0) is 23.8 Å². The molecule has 0 aliphatic carbocycles. The molecule has 2 saturated heterocycles. The number of rotatable bonds is 12. The minimum absolute atomic E-state index is 0.108. The Labute approximate surface area is 343 Å². The van der Waals surface area contributed by atoms with Gasteiger partial charge in [-0.1, -0.05) is 62.4 Å². The fourth-order valence-electron chi connectivity index (χ4n) is 8.13. The number of amides is 4. The molecule has 1 unspecified atom stereocenters. The summed E-state index contributed by atoms with van der Waals surface area (Å²) in [4.78, 5) is 71.1. The quantitative estimate of drug-likeness (QED) is 0.106. The second-order valence-corrected chi connectivity index (χ2v) is 15.5. The van der Waals surface area contributed by atoms with Gasteiger partial charge in [0.25, 0.3) is 0 Å². The van der Waals surface area contributed by atoms with E-state index in [1.807, 2.05) is 24.9 Å². The number of carbonyl (C=O) groups is 4. The van der Waals surface area contributed by atoms with Gasteiger partial charge >= 0.3 is 12.2 Å². The summed E-state index contributed by atoms with van der Waals surface area (Å²) in [5.74, 6) is 0.924. The number of carbonyl (C=O) groups excluding carboxylic acids is 4. The fourth-order valence-corrected chi connectivity index (χ4v) is 8.13. The average molecular weight is 805 g/mol. The number of ether oxygens (including phenoxy) is 3. The third kappa shape index (κ3) is 8.65. The number of fused-ring (bicyclic) bond motifs is 1. The third-order valence-electron chi connectivity index (χ3n) is 11.5. The zero-order chi connectivity index (χ0) is 41.8. The molecule has 7 rings (SSSR count). The Morgan fingerprint density at radius 2 is 1.10 bits per heavy atom. The number of nitrogens with one attached hydrogen (secondary N) is 4. The lowest BCUT2D eigenvalue weighted by molar-refractivity contribution is -0.137. The molecular weight excluding hydrogens is 753 g/mol. The van der Waals surface area contributed by atoms with Crippen molar-refractivity contribution < 1.29 is 33.4 Å². The van der Waals surface area contributed by atoms with Crippen LogP contribution in [-0.4, -0.2) is 106 Å². The number of H-pyrrole nitrogens is 2. The van der Waals surface area contributed by atoms with Crippen molar-refractivity contribution in [1.82, 2.24) is 40.4 Å². The smallest absolute Gasteiger partial charge is 0.407 e. The van der Waals surface area contributed by atoms with Crippen LogP contribution in [0.4, 0.5) is 9.59 Å². The molecule has 3 aromatic carbocycles. The summed E-state index contributed by atoms with van der Waals surface area (Å²) in [6.45, 7) is 6.68. The first-order chi connectivity index (χ1) is 28.5. The van der Waals surface area contributed by atoms with Gasteiger partial charge in [0.2, 0.25) is 11.8 Å². The number of aromatic amines is 2. The van der Waals surface area contributed by atoms with Crippen LogP contribution in [0.25, 0.3) is 44.4 Å². The van der Waals surface area contributed by atoms with Crippen LogP contribution in [0.2, 0.25) is 0 Å². The normalized spacial score (nSPS) is 18.2. The molecule has 5 atom stereocenters. The van der Waals surface area contributed by atoms with Crippen molar-refractivity contribution in [1.29, 1.82) is 0 Å². The largest absolute Gasteiger partial charge is 0.453 e. The van der Waals surface area contributed by atoms with E-state index in [4.69, 9.17) is 19.2 Å². The van der Waals surface area contributed by atoms with Crippen molar-refractivity contribution in [3.63, 3.8) is 0 Å². The number of methoxy groups -OCH3 is 3. The maximum atomic E-state index is 13.6. The monoisotopic (exact) mass is 804 g/mol. The molecule has 310 valence electrons. The molecule has 4 N–H and O–H groups in total. The van der Waals surface area contributed by atoms with E-state index < -0.39 is 30.4 Å². The second-order valence-electron chi connectivity index (χ2n) is 15.5. The molecule has 5 aromatic rings. The molecule has 2 aliphatic rings. The lowest BCUT2D eigenvalue weighted by Crippen LogP contribution is -2.54. The van der Waals surface area contributed by atoms with Gasteiger partial charge in [-0.05, 0) is 78.1 Å². The van der Waals surface area contributed by atoms with Gasteiger partial charge in [0.05, 0.1) is 56.2 Å². The van der Waals surface area contributed by atoms with Gasteiger partial charge in [0, 0.05) is 25.8 Å². The number of alkyl carbamates (subject to hydrolysis) is 2. The summed E-state index contributed by atoms with van der Waals surface area (Å²) in [6, 6.07) is 18.9. The Bertz CT molecular complexity index is 2300. The van der Waals surface area contributed by atoms with E-state index in [2.05, 4.69) is 86.2 Å². The van der Waals surface area contributed by atoms with Gasteiger partial charge in [-0.2, -0.15) is 0 Å². The zero-order valence-corrected chi connectivity index (χ0v) is 34.3. The number of likely N-dealkylation sites (tertiary alicyclic amines) is 2. The molecule has 4 amide bonds. The van der Waals surface area contributed by atoms with Gasteiger partial charge < -0.3 is 44.6 Å². The molecule has 59 heavy (non-hydrogen) atoms. The summed E-state index contributed by atoms with van der Waals surface area (Å²) in [7, 11) is 4.05. The Balaban J connectivity index is 1.02. The Kier molecular flexibility index (Phi) is 12.3. The number of aromatic nitrogens is 4. The molecule has 4 heterocycles.